The van der Waals surface area contributed by atoms with Crippen LogP contribution >= 0.6 is 0 Å². The number of carbonyl (C=O) groups is 5. The molecule has 3 amide bonds. The zero-order valence-electron chi connectivity index (χ0n) is 19.3. The number of hydrogen-bond acceptors (Lipinski definition) is 7. The number of ether oxygens (including phenoxy) is 2. The number of imide groups is 1. The van der Waals surface area contributed by atoms with Gasteiger partial charge in [0.25, 0.3) is 17.7 Å². The molecule has 0 fully saturated rings. The van der Waals surface area contributed by atoms with Crippen LogP contribution in [0.5, 0.6) is 0 Å². The normalized spacial score (nSPS) is 12.4. The molecule has 1 aliphatic rings. The minimum atomic E-state index is -0.796. The lowest BCUT2D eigenvalue weighted by Gasteiger charge is -2.17. The Bertz CT molecular complexity index is 1160. The van der Waals surface area contributed by atoms with Crippen molar-refractivity contribution in [2.45, 2.75) is 33.6 Å². The second-order valence-electron chi connectivity index (χ2n) is 7.83. The summed E-state index contributed by atoms with van der Waals surface area (Å²) in [6, 6.07) is 9.58. The highest BCUT2D eigenvalue weighted by atomic mass is 16.5. The molecule has 178 valence electrons. The highest BCUT2D eigenvalue weighted by Crippen LogP contribution is 2.31. The first kappa shape index (κ1) is 24.6. The van der Waals surface area contributed by atoms with Gasteiger partial charge >= 0.3 is 11.9 Å². The standard InChI is InChI=1S/C25H26N2O7/c1-4-33-22(29)6-5-11-26-21(28)14-34-25(32)17-9-10-18-19(13-17)24(31)27(23(18)30)20-12-15(2)7-8-16(20)3/h7-10,12-13H,4-6,11,14H2,1-3H3,(H,26,28). The summed E-state index contributed by atoms with van der Waals surface area (Å²) < 4.78 is 9.82. The molecule has 1 aliphatic heterocycles. The van der Waals surface area contributed by atoms with Crippen molar-refractivity contribution in [2.75, 3.05) is 24.7 Å². The summed E-state index contributed by atoms with van der Waals surface area (Å²) in [5, 5.41) is 2.55. The lowest BCUT2D eigenvalue weighted by Crippen LogP contribution is -2.30. The van der Waals surface area contributed by atoms with E-state index in [1.807, 2.05) is 26.0 Å². The van der Waals surface area contributed by atoms with Crippen LogP contribution in [0.3, 0.4) is 0 Å². The van der Waals surface area contributed by atoms with E-state index in [9.17, 15) is 24.0 Å². The van der Waals surface area contributed by atoms with Gasteiger partial charge in [0.2, 0.25) is 0 Å². The van der Waals surface area contributed by atoms with Crippen molar-refractivity contribution in [2.24, 2.45) is 0 Å². The third kappa shape index (κ3) is 5.48. The van der Waals surface area contributed by atoms with E-state index in [4.69, 9.17) is 9.47 Å². The van der Waals surface area contributed by atoms with Crippen LogP contribution < -0.4 is 10.2 Å². The van der Waals surface area contributed by atoms with Gasteiger partial charge in [-0.2, -0.15) is 0 Å². The van der Waals surface area contributed by atoms with E-state index in [-0.39, 0.29) is 35.6 Å². The highest BCUT2D eigenvalue weighted by molar-refractivity contribution is 6.35. The zero-order valence-corrected chi connectivity index (χ0v) is 19.3. The van der Waals surface area contributed by atoms with Gasteiger partial charge in [-0.05, 0) is 62.6 Å². The van der Waals surface area contributed by atoms with Crippen LogP contribution in [-0.4, -0.2) is 49.4 Å². The van der Waals surface area contributed by atoms with Crippen molar-refractivity contribution in [3.05, 3.63) is 64.2 Å². The molecule has 0 saturated carbocycles. The van der Waals surface area contributed by atoms with Crippen LogP contribution in [0.4, 0.5) is 5.69 Å². The molecule has 34 heavy (non-hydrogen) atoms. The van der Waals surface area contributed by atoms with Crippen LogP contribution in [0.15, 0.2) is 36.4 Å². The molecule has 9 nitrogen and oxygen atoms in total. The topological polar surface area (TPSA) is 119 Å². The number of hydrogen-bond donors (Lipinski definition) is 1. The van der Waals surface area contributed by atoms with Crippen LogP contribution in [0, 0.1) is 13.8 Å². The summed E-state index contributed by atoms with van der Waals surface area (Å²) in [7, 11) is 0. The number of carbonyl (C=O) groups excluding carboxylic acids is 5. The molecule has 0 radical (unpaired) electrons. The third-order valence-electron chi connectivity index (χ3n) is 5.25. The van der Waals surface area contributed by atoms with Crippen molar-refractivity contribution in [3.8, 4) is 0 Å². The monoisotopic (exact) mass is 466 g/mol. The number of aryl methyl sites for hydroxylation is 2. The molecule has 1 N–H and O–H groups in total. The molecule has 9 heteroatoms. The van der Waals surface area contributed by atoms with Gasteiger partial charge in [-0.1, -0.05) is 12.1 Å². The molecule has 0 aromatic heterocycles. The quantitative estimate of drug-likeness (QED) is 0.343. The van der Waals surface area contributed by atoms with Gasteiger partial charge in [-0.15, -0.1) is 0 Å². The maximum Gasteiger partial charge on any atom is 0.338 e. The van der Waals surface area contributed by atoms with Crippen LogP contribution in [-0.2, 0) is 19.1 Å². The molecule has 2 aromatic rings. The van der Waals surface area contributed by atoms with E-state index in [2.05, 4.69) is 5.32 Å². The molecular weight excluding hydrogens is 440 g/mol. The predicted octanol–water partition coefficient (Wildman–Crippen LogP) is 2.72. The fraction of sp³-hybridized carbons (Fsp3) is 0.320. The highest BCUT2D eigenvalue weighted by Gasteiger charge is 2.38. The summed E-state index contributed by atoms with van der Waals surface area (Å²) in [4.78, 5) is 62.5. The molecule has 1 heterocycles. The number of nitrogens with one attached hydrogen (secondary N) is 1. The minimum absolute atomic E-state index is 0.0535. The summed E-state index contributed by atoms with van der Waals surface area (Å²) >= 11 is 0. The molecule has 0 saturated heterocycles. The van der Waals surface area contributed by atoms with E-state index in [0.29, 0.717) is 18.7 Å². The molecule has 0 unspecified atom stereocenters. The van der Waals surface area contributed by atoms with Gasteiger partial charge in [-0.3, -0.25) is 19.2 Å². The number of rotatable bonds is 9. The molecule has 0 aliphatic carbocycles. The van der Waals surface area contributed by atoms with Gasteiger partial charge in [0.05, 0.1) is 29.0 Å². The molecule has 2 aromatic carbocycles. The minimum Gasteiger partial charge on any atom is -0.466 e. The van der Waals surface area contributed by atoms with Crippen LogP contribution in [0.25, 0.3) is 0 Å². The van der Waals surface area contributed by atoms with E-state index in [0.717, 1.165) is 16.0 Å². The Morgan fingerprint density at radius 1 is 0.941 bits per heavy atom. The summed E-state index contributed by atoms with van der Waals surface area (Å²) in [6.07, 6.45) is 0.575. The first-order valence-corrected chi connectivity index (χ1v) is 10.9. The Kier molecular flexibility index (Phi) is 7.78. The van der Waals surface area contributed by atoms with Crippen molar-refractivity contribution in [3.63, 3.8) is 0 Å². The van der Waals surface area contributed by atoms with Gasteiger partial charge in [-0.25, -0.2) is 9.69 Å². The van der Waals surface area contributed by atoms with Gasteiger partial charge in [0.15, 0.2) is 6.61 Å². The Balaban J connectivity index is 1.60. The van der Waals surface area contributed by atoms with Crippen molar-refractivity contribution in [1.29, 1.82) is 0 Å². The van der Waals surface area contributed by atoms with Crippen molar-refractivity contribution in [1.82, 2.24) is 5.32 Å². The smallest absolute Gasteiger partial charge is 0.338 e. The molecule has 0 atom stereocenters. The van der Waals surface area contributed by atoms with E-state index >= 15 is 0 Å². The summed E-state index contributed by atoms with van der Waals surface area (Å²) in [5.41, 5.74) is 2.52. The van der Waals surface area contributed by atoms with Gasteiger partial charge < -0.3 is 14.8 Å². The van der Waals surface area contributed by atoms with Crippen LogP contribution in [0.2, 0.25) is 0 Å². The summed E-state index contributed by atoms with van der Waals surface area (Å²) in [6.45, 7) is 5.40. The van der Waals surface area contributed by atoms with Gasteiger partial charge in [0.1, 0.15) is 0 Å². The van der Waals surface area contributed by atoms with Gasteiger partial charge in [0, 0.05) is 13.0 Å². The van der Waals surface area contributed by atoms with Crippen molar-refractivity contribution >= 4 is 35.3 Å². The molecule has 0 bridgehead atoms. The second kappa shape index (κ2) is 10.7. The summed E-state index contributed by atoms with van der Waals surface area (Å²) in [5.74, 6) is -2.65. The first-order chi connectivity index (χ1) is 16.2. The maximum absolute atomic E-state index is 13.0. The molecule has 0 spiro atoms. The first-order valence-electron chi connectivity index (χ1n) is 10.9. The maximum atomic E-state index is 13.0. The van der Waals surface area contributed by atoms with Crippen molar-refractivity contribution < 1.29 is 33.4 Å². The number of fused-ring (bicyclic) bond motifs is 1. The molecule has 3 rings (SSSR count). The average molecular weight is 466 g/mol. The number of benzene rings is 2. The number of anilines is 1. The Morgan fingerprint density at radius 3 is 2.41 bits per heavy atom. The van der Waals surface area contributed by atoms with E-state index in [1.54, 1.807) is 13.0 Å². The SMILES string of the molecule is CCOC(=O)CCCNC(=O)COC(=O)c1ccc2c(c1)C(=O)N(c1cc(C)ccc1C)C2=O. The lowest BCUT2D eigenvalue weighted by atomic mass is 10.1. The van der Waals surface area contributed by atoms with Crippen LogP contribution in [0.1, 0.15) is 62.0 Å². The predicted molar refractivity (Wildman–Crippen MR) is 123 cm³/mol. The lowest BCUT2D eigenvalue weighted by molar-refractivity contribution is -0.143. The Labute approximate surface area is 197 Å². The Morgan fingerprint density at radius 2 is 1.68 bits per heavy atom. The number of nitrogens with zero attached hydrogens (tertiary/aromatic N) is 1. The number of amides is 3. The second-order valence-corrected chi connectivity index (χ2v) is 7.83. The van der Waals surface area contributed by atoms with E-state index < -0.39 is 30.3 Å². The average Bonchev–Trinajstić information content (AvgIpc) is 3.06. The fourth-order valence-electron chi connectivity index (χ4n) is 3.51. The van der Waals surface area contributed by atoms with E-state index in [1.165, 1.54) is 18.2 Å². The number of esters is 2. The largest absolute Gasteiger partial charge is 0.466 e. The Hall–Kier alpha value is -4.01. The fourth-order valence-corrected chi connectivity index (χ4v) is 3.51. The molecular formula is C25H26N2O7. The third-order valence-corrected chi connectivity index (χ3v) is 5.25. The zero-order chi connectivity index (χ0) is 24.8.